The summed E-state index contributed by atoms with van der Waals surface area (Å²) in [7, 11) is 0. The molecule has 1 atom stereocenters. The lowest BCUT2D eigenvalue weighted by Gasteiger charge is -2.32. The Kier molecular flexibility index (Phi) is 5.32. The van der Waals surface area contributed by atoms with Gasteiger partial charge in [0.2, 0.25) is 0 Å². The van der Waals surface area contributed by atoms with Crippen molar-refractivity contribution in [3.63, 3.8) is 0 Å². The largest absolute Gasteiger partial charge is 0.395 e. The molecule has 0 radical (unpaired) electrons. The van der Waals surface area contributed by atoms with Gasteiger partial charge in [-0.25, -0.2) is 4.98 Å². The van der Waals surface area contributed by atoms with Crippen molar-refractivity contribution in [3.05, 3.63) is 54.1 Å². The minimum Gasteiger partial charge on any atom is -0.395 e. The number of H-pyrrole nitrogens is 1. The topological polar surface area (TPSA) is 52.1 Å². The quantitative estimate of drug-likeness (QED) is 0.814. The standard InChI is InChI=1S/C16H23N3O/c1-13(2)15(12-20)19(11-16-17-8-9-18-16)10-14-6-4-3-5-7-14/h3-9,13,15,20H,10-12H2,1-2H3,(H,17,18)/t15-/m1/s1. The Labute approximate surface area is 120 Å². The lowest BCUT2D eigenvalue weighted by Crippen LogP contribution is -2.41. The zero-order valence-electron chi connectivity index (χ0n) is 12.2. The highest BCUT2D eigenvalue weighted by molar-refractivity contribution is 5.14. The first-order valence-electron chi connectivity index (χ1n) is 7.07. The van der Waals surface area contributed by atoms with Gasteiger partial charge >= 0.3 is 0 Å². The molecule has 0 fully saturated rings. The molecule has 0 spiro atoms. The Balaban J connectivity index is 2.14. The lowest BCUT2D eigenvalue weighted by molar-refractivity contribution is 0.0765. The number of aromatic amines is 1. The zero-order chi connectivity index (χ0) is 14.4. The summed E-state index contributed by atoms with van der Waals surface area (Å²) in [5.41, 5.74) is 1.25. The molecule has 1 aromatic carbocycles. The number of aliphatic hydroxyl groups excluding tert-OH is 1. The average molecular weight is 273 g/mol. The van der Waals surface area contributed by atoms with Gasteiger partial charge in [-0.05, 0) is 11.5 Å². The average Bonchev–Trinajstić information content (AvgIpc) is 2.93. The molecule has 4 nitrogen and oxygen atoms in total. The summed E-state index contributed by atoms with van der Waals surface area (Å²) in [6, 6.07) is 10.5. The highest BCUT2D eigenvalue weighted by atomic mass is 16.3. The van der Waals surface area contributed by atoms with E-state index in [1.54, 1.807) is 6.20 Å². The fourth-order valence-corrected chi connectivity index (χ4v) is 2.43. The van der Waals surface area contributed by atoms with Gasteiger partial charge in [0.05, 0.1) is 13.2 Å². The minimum atomic E-state index is 0.125. The summed E-state index contributed by atoms with van der Waals surface area (Å²) >= 11 is 0. The predicted molar refractivity (Wildman–Crippen MR) is 80.0 cm³/mol. The van der Waals surface area contributed by atoms with E-state index in [9.17, 15) is 5.11 Å². The highest BCUT2D eigenvalue weighted by Gasteiger charge is 2.22. The molecule has 1 aromatic heterocycles. The Morgan fingerprint density at radius 3 is 2.50 bits per heavy atom. The van der Waals surface area contributed by atoms with Crippen LogP contribution in [0.1, 0.15) is 25.2 Å². The molecule has 0 saturated carbocycles. The lowest BCUT2D eigenvalue weighted by atomic mass is 10.0. The maximum absolute atomic E-state index is 9.70. The van der Waals surface area contributed by atoms with Crippen molar-refractivity contribution in [2.45, 2.75) is 33.0 Å². The summed E-state index contributed by atoms with van der Waals surface area (Å²) < 4.78 is 0. The number of nitrogens with zero attached hydrogens (tertiary/aromatic N) is 2. The summed E-state index contributed by atoms with van der Waals surface area (Å²) in [6.07, 6.45) is 3.60. The smallest absolute Gasteiger partial charge is 0.120 e. The van der Waals surface area contributed by atoms with E-state index in [0.717, 1.165) is 12.4 Å². The van der Waals surface area contributed by atoms with Crippen LogP contribution in [-0.2, 0) is 13.1 Å². The molecule has 4 heteroatoms. The van der Waals surface area contributed by atoms with Crippen molar-refractivity contribution in [2.75, 3.05) is 6.61 Å². The second-order valence-corrected chi connectivity index (χ2v) is 5.42. The van der Waals surface area contributed by atoms with E-state index in [1.165, 1.54) is 5.56 Å². The van der Waals surface area contributed by atoms with Gasteiger partial charge in [0, 0.05) is 25.0 Å². The van der Waals surface area contributed by atoms with Crippen LogP contribution in [0.5, 0.6) is 0 Å². The molecule has 0 aliphatic rings. The van der Waals surface area contributed by atoms with Gasteiger partial charge in [-0.3, -0.25) is 4.90 Å². The van der Waals surface area contributed by atoms with Crippen molar-refractivity contribution < 1.29 is 5.11 Å². The fraction of sp³-hybridized carbons (Fsp3) is 0.438. The predicted octanol–water partition coefficient (Wildman–Crippen LogP) is 2.43. The minimum absolute atomic E-state index is 0.125. The van der Waals surface area contributed by atoms with Crippen LogP contribution < -0.4 is 0 Å². The van der Waals surface area contributed by atoms with Gasteiger partial charge in [-0.15, -0.1) is 0 Å². The molecule has 0 bridgehead atoms. The monoisotopic (exact) mass is 273 g/mol. The fourth-order valence-electron chi connectivity index (χ4n) is 2.43. The number of rotatable bonds is 7. The van der Waals surface area contributed by atoms with Gasteiger partial charge in [0.1, 0.15) is 5.82 Å². The maximum atomic E-state index is 9.70. The van der Waals surface area contributed by atoms with Crippen LogP contribution in [0.4, 0.5) is 0 Å². The molecule has 2 N–H and O–H groups in total. The Morgan fingerprint density at radius 1 is 1.20 bits per heavy atom. The molecular formula is C16H23N3O. The molecular weight excluding hydrogens is 250 g/mol. The number of hydrogen-bond donors (Lipinski definition) is 2. The second kappa shape index (κ2) is 7.22. The van der Waals surface area contributed by atoms with Crippen LogP contribution in [0.2, 0.25) is 0 Å². The number of aliphatic hydroxyl groups is 1. The van der Waals surface area contributed by atoms with E-state index in [4.69, 9.17) is 0 Å². The molecule has 0 amide bonds. The number of aromatic nitrogens is 2. The molecule has 20 heavy (non-hydrogen) atoms. The maximum Gasteiger partial charge on any atom is 0.120 e. The number of nitrogens with one attached hydrogen (secondary N) is 1. The molecule has 0 aliphatic carbocycles. The third kappa shape index (κ3) is 3.92. The molecule has 2 aromatic rings. The molecule has 1 heterocycles. The highest BCUT2D eigenvalue weighted by Crippen LogP contribution is 2.16. The third-order valence-corrected chi connectivity index (χ3v) is 3.56. The Morgan fingerprint density at radius 2 is 1.95 bits per heavy atom. The van der Waals surface area contributed by atoms with E-state index in [-0.39, 0.29) is 12.6 Å². The van der Waals surface area contributed by atoms with Gasteiger partial charge in [-0.1, -0.05) is 44.2 Å². The SMILES string of the molecule is CC(C)[C@@H](CO)N(Cc1ccccc1)Cc1ncc[nH]1. The van der Waals surface area contributed by atoms with Crippen molar-refractivity contribution in [1.82, 2.24) is 14.9 Å². The van der Waals surface area contributed by atoms with Crippen molar-refractivity contribution in [1.29, 1.82) is 0 Å². The van der Waals surface area contributed by atoms with Crippen LogP contribution in [0.15, 0.2) is 42.7 Å². The first kappa shape index (κ1) is 14.8. The first-order chi connectivity index (χ1) is 9.70. The zero-order valence-corrected chi connectivity index (χ0v) is 12.2. The molecule has 0 unspecified atom stereocenters. The summed E-state index contributed by atoms with van der Waals surface area (Å²) in [5, 5.41) is 9.70. The van der Waals surface area contributed by atoms with Crippen molar-refractivity contribution in [3.8, 4) is 0 Å². The van der Waals surface area contributed by atoms with Crippen LogP contribution in [0.25, 0.3) is 0 Å². The summed E-state index contributed by atoms with van der Waals surface area (Å²) in [4.78, 5) is 9.71. The van der Waals surface area contributed by atoms with E-state index < -0.39 is 0 Å². The summed E-state index contributed by atoms with van der Waals surface area (Å²) in [6.45, 7) is 5.96. The summed E-state index contributed by atoms with van der Waals surface area (Å²) in [5.74, 6) is 1.32. The number of hydrogen-bond acceptors (Lipinski definition) is 3. The van der Waals surface area contributed by atoms with Crippen LogP contribution >= 0.6 is 0 Å². The van der Waals surface area contributed by atoms with E-state index in [0.29, 0.717) is 12.5 Å². The van der Waals surface area contributed by atoms with E-state index >= 15 is 0 Å². The normalized spacial score (nSPS) is 13.1. The first-order valence-corrected chi connectivity index (χ1v) is 7.07. The van der Waals surface area contributed by atoms with Crippen LogP contribution in [0, 0.1) is 5.92 Å². The van der Waals surface area contributed by atoms with Crippen molar-refractivity contribution >= 4 is 0 Å². The second-order valence-electron chi connectivity index (χ2n) is 5.42. The van der Waals surface area contributed by atoms with Gasteiger partial charge in [-0.2, -0.15) is 0 Å². The number of imidazole rings is 1. The Hall–Kier alpha value is -1.65. The molecule has 0 aliphatic heterocycles. The van der Waals surface area contributed by atoms with Gasteiger partial charge < -0.3 is 10.1 Å². The molecule has 0 saturated heterocycles. The molecule has 2 rings (SSSR count). The number of benzene rings is 1. The molecule has 108 valence electrons. The van der Waals surface area contributed by atoms with Gasteiger partial charge in [0.25, 0.3) is 0 Å². The van der Waals surface area contributed by atoms with Crippen LogP contribution in [-0.4, -0.2) is 32.6 Å². The Bertz CT molecular complexity index is 482. The van der Waals surface area contributed by atoms with E-state index in [1.807, 2.05) is 24.4 Å². The van der Waals surface area contributed by atoms with Crippen LogP contribution in [0.3, 0.4) is 0 Å². The van der Waals surface area contributed by atoms with E-state index in [2.05, 4.69) is 40.8 Å². The van der Waals surface area contributed by atoms with Crippen molar-refractivity contribution in [2.24, 2.45) is 5.92 Å². The third-order valence-electron chi connectivity index (χ3n) is 3.56. The van der Waals surface area contributed by atoms with Gasteiger partial charge in [0.15, 0.2) is 0 Å².